The lowest BCUT2D eigenvalue weighted by atomic mass is 10.0. The van der Waals surface area contributed by atoms with Gasteiger partial charge in [0.25, 0.3) is 0 Å². The quantitative estimate of drug-likeness (QED) is 0.902. The first-order chi connectivity index (χ1) is 11.5. The van der Waals surface area contributed by atoms with Crippen LogP contribution in [0, 0.1) is 13.8 Å². The van der Waals surface area contributed by atoms with E-state index in [1.54, 1.807) is 6.20 Å². The van der Waals surface area contributed by atoms with Crippen molar-refractivity contribution >= 4 is 22.4 Å². The molecule has 0 spiro atoms. The number of amides is 1. The molecule has 128 valence electrons. The van der Waals surface area contributed by atoms with Gasteiger partial charge in [0, 0.05) is 23.2 Å². The molecule has 24 heavy (non-hydrogen) atoms. The van der Waals surface area contributed by atoms with E-state index in [1.807, 2.05) is 13.8 Å². The Morgan fingerprint density at radius 2 is 2.25 bits per heavy atom. The predicted molar refractivity (Wildman–Crippen MR) is 97.4 cm³/mol. The number of aryl methyl sites for hydroxylation is 3. The summed E-state index contributed by atoms with van der Waals surface area (Å²) in [6.07, 6.45) is 5.35. The maximum atomic E-state index is 12.1. The van der Waals surface area contributed by atoms with E-state index < -0.39 is 0 Å². The third-order valence-corrected chi connectivity index (χ3v) is 5.23. The standard InChI is InChI=1S/C18H24N4OS/c1-12-9-14(10-15(20-12)16-5-4-8-22(16)3)6-7-17(23)21-18-19-11-13(2)24-18/h9-11,16H,4-8H2,1-3H3,(H,19,21,23)/t16-/m1/s1. The number of carbonyl (C=O) groups is 1. The fraction of sp³-hybridized carbons (Fsp3) is 0.500. The number of thiazole rings is 1. The molecule has 1 amide bonds. The summed E-state index contributed by atoms with van der Waals surface area (Å²) in [7, 11) is 2.16. The number of carbonyl (C=O) groups excluding carboxylic acids is 1. The third-order valence-electron chi connectivity index (χ3n) is 4.40. The van der Waals surface area contributed by atoms with Gasteiger partial charge in [0.05, 0.1) is 11.7 Å². The van der Waals surface area contributed by atoms with Crippen LogP contribution >= 0.6 is 11.3 Å². The van der Waals surface area contributed by atoms with E-state index in [9.17, 15) is 4.79 Å². The van der Waals surface area contributed by atoms with Gasteiger partial charge in [0.15, 0.2) is 5.13 Å². The Labute approximate surface area is 147 Å². The average Bonchev–Trinajstić information content (AvgIpc) is 3.13. The number of nitrogens with one attached hydrogen (secondary N) is 1. The SMILES string of the molecule is Cc1cc(CCC(=O)Nc2ncc(C)s2)cc([C@H]2CCCN2C)n1. The maximum absolute atomic E-state index is 12.1. The maximum Gasteiger partial charge on any atom is 0.226 e. The lowest BCUT2D eigenvalue weighted by Crippen LogP contribution is -2.19. The van der Waals surface area contributed by atoms with Gasteiger partial charge >= 0.3 is 0 Å². The summed E-state index contributed by atoms with van der Waals surface area (Å²) < 4.78 is 0. The number of aromatic nitrogens is 2. The first-order valence-corrected chi connectivity index (χ1v) is 9.23. The number of rotatable bonds is 5. The second-order valence-corrected chi connectivity index (χ2v) is 7.74. The molecule has 1 aliphatic rings. The molecule has 1 aliphatic heterocycles. The van der Waals surface area contributed by atoms with Gasteiger partial charge in [0.2, 0.25) is 5.91 Å². The van der Waals surface area contributed by atoms with Crippen LogP contribution in [0.3, 0.4) is 0 Å². The molecule has 0 radical (unpaired) electrons. The number of nitrogens with zero attached hydrogens (tertiary/aromatic N) is 3. The van der Waals surface area contributed by atoms with Crippen LogP contribution in [0.2, 0.25) is 0 Å². The van der Waals surface area contributed by atoms with Gasteiger partial charge in [-0.25, -0.2) is 4.98 Å². The van der Waals surface area contributed by atoms with Crippen molar-refractivity contribution < 1.29 is 4.79 Å². The molecule has 0 aromatic carbocycles. The van der Waals surface area contributed by atoms with E-state index in [1.165, 1.54) is 23.3 Å². The summed E-state index contributed by atoms with van der Waals surface area (Å²) >= 11 is 1.50. The lowest BCUT2D eigenvalue weighted by Gasteiger charge is -2.20. The molecule has 2 aromatic rings. The minimum absolute atomic E-state index is 0.0124. The average molecular weight is 344 g/mol. The fourth-order valence-electron chi connectivity index (χ4n) is 3.22. The first kappa shape index (κ1) is 17.0. The molecule has 0 saturated carbocycles. The molecule has 3 rings (SSSR count). The number of likely N-dealkylation sites (tertiary alicyclic amines) is 1. The zero-order valence-electron chi connectivity index (χ0n) is 14.5. The van der Waals surface area contributed by atoms with E-state index in [0.29, 0.717) is 17.6 Å². The minimum Gasteiger partial charge on any atom is -0.302 e. The van der Waals surface area contributed by atoms with Gasteiger partial charge in [-0.05, 0) is 64.4 Å². The lowest BCUT2D eigenvalue weighted by molar-refractivity contribution is -0.116. The van der Waals surface area contributed by atoms with Crippen LogP contribution in [0.25, 0.3) is 0 Å². The summed E-state index contributed by atoms with van der Waals surface area (Å²) in [6.45, 7) is 5.14. The molecule has 1 saturated heterocycles. The Hall–Kier alpha value is -1.79. The van der Waals surface area contributed by atoms with Gasteiger partial charge in [-0.1, -0.05) is 0 Å². The van der Waals surface area contributed by atoms with Crippen LogP contribution in [0.15, 0.2) is 18.3 Å². The van der Waals surface area contributed by atoms with E-state index in [4.69, 9.17) is 4.98 Å². The molecule has 0 bridgehead atoms. The van der Waals surface area contributed by atoms with Crippen molar-refractivity contribution in [2.24, 2.45) is 0 Å². The Kier molecular flexibility index (Phi) is 5.26. The number of pyridine rings is 1. The highest BCUT2D eigenvalue weighted by atomic mass is 32.1. The molecule has 2 aromatic heterocycles. The third kappa shape index (κ3) is 4.19. The van der Waals surface area contributed by atoms with Crippen LogP contribution < -0.4 is 5.32 Å². The van der Waals surface area contributed by atoms with Crippen LogP contribution in [0.5, 0.6) is 0 Å². The minimum atomic E-state index is 0.0124. The predicted octanol–water partition coefficient (Wildman–Crippen LogP) is 3.49. The summed E-state index contributed by atoms with van der Waals surface area (Å²) in [4.78, 5) is 24.5. The molecule has 0 aliphatic carbocycles. The Morgan fingerprint density at radius 3 is 2.92 bits per heavy atom. The number of hydrogen-bond acceptors (Lipinski definition) is 5. The fourth-order valence-corrected chi connectivity index (χ4v) is 3.90. The zero-order chi connectivity index (χ0) is 17.1. The second-order valence-electron chi connectivity index (χ2n) is 6.50. The number of anilines is 1. The van der Waals surface area contributed by atoms with Crippen molar-refractivity contribution in [1.29, 1.82) is 0 Å². The Bertz CT molecular complexity index is 728. The molecule has 6 heteroatoms. The molecule has 0 unspecified atom stereocenters. The van der Waals surface area contributed by atoms with Crippen LogP contribution in [-0.4, -0.2) is 34.4 Å². The van der Waals surface area contributed by atoms with Gasteiger partial charge in [-0.2, -0.15) is 0 Å². The highest BCUT2D eigenvalue weighted by Crippen LogP contribution is 2.30. The van der Waals surface area contributed by atoms with Crippen molar-refractivity contribution in [3.8, 4) is 0 Å². The van der Waals surface area contributed by atoms with Crippen molar-refractivity contribution in [3.05, 3.63) is 40.2 Å². The van der Waals surface area contributed by atoms with Crippen LogP contribution in [-0.2, 0) is 11.2 Å². The van der Waals surface area contributed by atoms with E-state index >= 15 is 0 Å². The highest BCUT2D eigenvalue weighted by molar-refractivity contribution is 7.15. The van der Waals surface area contributed by atoms with Crippen molar-refractivity contribution in [1.82, 2.24) is 14.9 Å². The van der Waals surface area contributed by atoms with Crippen molar-refractivity contribution in [3.63, 3.8) is 0 Å². The molecule has 3 heterocycles. The Balaban J connectivity index is 1.62. The number of hydrogen-bond donors (Lipinski definition) is 1. The molecular formula is C18H24N4OS. The largest absolute Gasteiger partial charge is 0.302 e. The summed E-state index contributed by atoms with van der Waals surface area (Å²) in [5, 5.41) is 3.55. The van der Waals surface area contributed by atoms with Gasteiger partial charge < -0.3 is 5.32 Å². The topological polar surface area (TPSA) is 58.1 Å². The van der Waals surface area contributed by atoms with E-state index in [-0.39, 0.29) is 5.91 Å². The molecule has 1 atom stereocenters. The summed E-state index contributed by atoms with van der Waals surface area (Å²) in [5.41, 5.74) is 3.35. The van der Waals surface area contributed by atoms with Gasteiger partial charge in [-0.15, -0.1) is 11.3 Å². The van der Waals surface area contributed by atoms with Gasteiger partial charge in [-0.3, -0.25) is 14.7 Å². The Morgan fingerprint density at radius 1 is 1.42 bits per heavy atom. The highest BCUT2D eigenvalue weighted by Gasteiger charge is 2.24. The smallest absolute Gasteiger partial charge is 0.226 e. The molecule has 1 N–H and O–H groups in total. The van der Waals surface area contributed by atoms with Gasteiger partial charge in [0.1, 0.15) is 0 Å². The normalized spacial score (nSPS) is 18.0. The first-order valence-electron chi connectivity index (χ1n) is 8.41. The van der Waals surface area contributed by atoms with Crippen molar-refractivity contribution in [2.45, 2.75) is 45.6 Å². The van der Waals surface area contributed by atoms with E-state index in [0.717, 1.165) is 35.7 Å². The molecule has 1 fully saturated rings. The summed E-state index contributed by atoms with van der Waals surface area (Å²) in [6, 6.07) is 4.66. The monoisotopic (exact) mass is 344 g/mol. The molecular weight excluding hydrogens is 320 g/mol. The van der Waals surface area contributed by atoms with Crippen molar-refractivity contribution in [2.75, 3.05) is 18.9 Å². The zero-order valence-corrected chi connectivity index (χ0v) is 15.3. The second kappa shape index (κ2) is 7.40. The van der Waals surface area contributed by atoms with Crippen LogP contribution in [0.1, 0.15) is 47.1 Å². The molecule has 5 nitrogen and oxygen atoms in total. The summed E-state index contributed by atoms with van der Waals surface area (Å²) in [5.74, 6) is 0.0124. The van der Waals surface area contributed by atoms with E-state index in [2.05, 4.69) is 34.4 Å². The van der Waals surface area contributed by atoms with Crippen LogP contribution in [0.4, 0.5) is 5.13 Å².